The summed E-state index contributed by atoms with van der Waals surface area (Å²) in [4.78, 5) is 0.588. The van der Waals surface area contributed by atoms with Crippen LogP contribution in [0.5, 0.6) is 0 Å². The lowest BCUT2D eigenvalue weighted by Gasteiger charge is -2.16. The molecule has 31 heavy (non-hydrogen) atoms. The van der Waals surface area contributed by atoms with E-state index in [1.165, 1.54) is 28.6 Å². The first-order valence-corrected chi connectivity index (χ1v) is 10.4. The number of hydrogen-bond donors (Lipinski definition) is 0. The lowest BCUT2D eigenvalue weighted by Crippen LogP contribution is -2.14. The monoisotopic (exact) mass is 454 g/mol. The second-order valence-corrected chi connectivity index (χ2v) is 8.12. The number of benzene rings is 2. The molecule has 5 rings (SSSR count). The highest BCUT2D eigenvalue weighted by atomic mass is 35.5. The van der Waals surface area contributed by atoms with E-state index in [0.717, 1.165) is 11.6 Å². The van der Waals surface area contributed by atoms with Crippen LogP contribution in [-0.2, 0) is 0 Å². The number of rotatable bonds is 3. The number of nitrogens with zero attached hydrogens (tertiary/aromatic N) is 4. The molecule has 0 fully saturated rings. The molecule has 1 aliphatic heterocycles. The van der Waals surface area contributed by atoms with Crippen LogP contribution in [0.25, 0.3) is 17.4 Å². The first-order valence-electron chi connectivity index (χ1n) is 9.20. The fourth-order valence-electron chi connectivity index (χ4n) is 3.14. The predicted octanol–water partition coefficient (Wildman–Crippen LogP) is 6.18. The molecule has 0 N–H and O–H groups in total. The molecule has 0 atom stereocenters. The smallest absolute Gasteiger partial charge is 0.216 e. The molecule has 0 saturated carbocycles. The molecule has 3 heterocycles. The average molecular weight is 455 g/mol. The zero-order valence-electron chi connectivity index (χ0n) is 16.0. The maximum absolute atomic E-state index is 14.6. The number of aryl methyl sites for hydroxylation is 1. The highest BCUT2D eigenvalue weighted by molar-refractivity contribution is 8.04. The number of thioether (sulfide) groups is 1. The molecule has 154 valence electrons. The first-order chi connectivity index (χ1) is 15.0. The van der Waals surface area contributed by atoms with Gasteiger partial charge in [-0.3, -0.25) is 0 Å². The SMILES string of the molecule is Cc1nnc2n1N=C(c1ccc(F)cc1F)/C(=C/c1ccc(-c3ccccc3Cl)o1)S2. The summed E-state index contributed by atoms with van der Waals surface area (Å²) >= 11 is 7.53. The largest absolute Gasteiger partial charge is 0.457 e. The van der Waals surface area contributed by atoms with E-state index in [9.17, 15) is 8.78 Å². The van der Waals surface area contributed by atoms with Gasteiger partial charge in [-0.1, -0.05) is 23.7 Å². The van der Waals surface area contributed by atoms with Gasteiger partial charge in [0.1, 0.15) is 28.9 Å². The van der Waals surface area contributed by atoms with Gasteiger partial charge in [0, 0.05) is 22.1 Å². The summed E-state index contributed by atoms with van der Waals surface area (Å²) in [6.45, 7) is 1.75. The van der Waals surface area contributed by atoms with Crippen molar-refractivity contribution in [2.24, 2.45) is 5.10 Å². The van der Waals surface area contributed by atoms with Crippen molar-refractivity contribution in [2.75, 3.05) is 0 Å². The summed E-state index contributed by atoms with van der Waals surface area (Å²) in [5.41, 5.74) is 1.25. The first kappa shape index (κ1) is 19.7. The fourth-order valence-corrected chi connectivity index (χ4v) is 4.33. The molecule has 0 unspecified atom stereocenters. The van der Waals surface area contributed by atoms with E-state index in [1.807, 2.05) is 24.3 Å². The Hall–Kier alpha value is -3.23. The van der Waals surface area contributed by atoms with E-state index < -0.39 is 11.6 Å². The molecule has 2 aromatic heterocycles. The van der Waals surface area contributed by atoms with Gasteiger partial charge >= 0.3 is 0 Å². The summed E-state index contributed by atoms with van der Waals surface area (Å²) in [6.07, 6.45) is 1.74. The third-order valence-corrected chi connectivity index (χ3v) is 5.93. The van der Waals surface area contributed by atoms with Crippen molar-refractivity contribution in [3.63, 3.8) is 0 Å². The summed E-state index contributed by atoms with van der Waals surface area (Å²) in [6, 6.07) is 14.3. The maximum atomic E-state index is 14.6. The van der Waals surface area contributed by atoms with Gasteiger partial charge in [0.15, 0.2) is 5.82 Å². The van der Waals surface area contributed by atoms with E-state index in [0.29, 0.717) is 38.1 Å². The molecule has 2 aromatic carbocycles. The minimum atomic E-state index is -0.712. The predicted molar refractivity (Wildman–Crippen MR) is 116 cm³/mol. The Balaban J connectivity index is 1.60. The Morgan fingerprint density at radius 1 is 1.03 bits per heavy atom. The van der Waals surface area contributed by atoms with E-state index in [1.54, 1.807) is 25.1 Å². The van der Waals surface area contributed by atoms with Gasteiger partial charge in [-0.15, -0.1) is 10.2 Å². The topological polar surface area (TPSA) is 56.2 Å². The number of furan rings is 1. The Morgan fingerprint density at radius 3 is 2.68 bits per heavy atom. The standard InChI is InChI=1S/C22H13ClF2N4OS/c1-12-26-27-22-29(12)28-21(16-8-6-13(24)10-18(16)25)20(31-22)11-14-7-9-19(30-14)15-4-2-3-5-17(15)23/h2-11H,1H3/b20-11-. The van der Waals surface area contributed by atoms with E-state index in [-0.39, 0.29) is 5.56 Å². The number of hydrogen-bond acceptors (Lipinski definition) is 5. The third kappa shape index (κ3) is 3.68. The average Bonchev–Trinajstić information content (AvgIpc) is 3.35. The van der Waals surface area contributed by atoms with E-state index >= 15 is 0 Å². The van der Waals surface area contributed by atoms with Gasteiger partial charge < -0.3 is 4.42 Å². The molecule has 9 heteroatoms. The molecule has 0 spiro atoms. The van der Waals surface area contributed by atoms with Crippen LogP contribution in [0.2, 0.25) is 5.02 Å². The summed E-state index contributed by atoms with van der Waals surface area (Å²) in [5.74, 6) is 0.310. The Labute approximate surface area is 185 Å². The van der Waals surface area contributed by atoms with Gasteiger partial charge in [0.05, 0.1) is 5.02 Å². The second kappa shape index (κ2) is 7.79. The molecule has 0 radical (unpaired) electrons. The zero-order valence-corrected chi connectivity index (χ0v) is 17.6. The van der Waals surface area contributed by atoms with Crippen molar-refractivity contribution in [3.05, 3.63) is 93.3 Å². The van der Waals surface area contributed by atoms with Crippen LogP contribution in [0.15, 0.2) is 74.2 Å². The van der Waals surface area contributed by atoms with Crippen LogP contribution in [0.4, 0.5) is 8.78 Å². The van der Waals surface area contributed by atoms with E-state index in [2.05, 4.69) is 15.3 Å². The fraction of sp³-hybridized carbons (Fsp3) is 0.0455. The number of halogens is 3. The van der Waals surface area contributed by atoms with Gasteiger partial charge in [-0.25, -0.2) is 8.78 Å². The lowest BCUT2D eigenvalue weighted by atomic mass is 10.1. The number of allylic oxidation sites excluding steroid dienone is 1. The van der Waals surface area contributed by atoms with Crippen molar-refractivity contribution >= 4 is 35.2 Å². The second-order valence-electron chi connectivity index (χ2n) is 6.71. The third-order valence-electron chi connectivity index (χ3n) is 4.63. The minimum absolute atomic E-state index is 0.164. The lowest BCUT2D eigenvalue weighted by molar-refractivity contribution is 0.571. The molecular formula is C22H13ClF2N4OS. The quantitative estimate of drug-likeness (QED) is 0.371. The Morgan fingerprint density at radius 2 is 1.87 bits per heavy atom. The van der Waals surface area contributed by atoms with Crippen LogP contribution in [0.3, 0.4) is 0 Å². The summed E-state index contributed by atoms with van der Waals surface area (Å²) in [5, 5.41) is 13.8. The number of aromatic nitrogens is 3. The molecule has 0 saturated heterocycles. The Kier molecular flexibility index (Phi) is 4.95. The van der Waals surface area contributed by atoms with Crippen molar-refractivity contribution in [1.29, 1.82) is 0 Å². The highest BCUT2D eigenvalue weighted by Crippen LogP contribution is 2.36. The maximum Gasteiger partial charge on any atom is 0.216 e. The van der Waals surface area contributed by atoms with Crippen LogP contribution < -0.4 is 0 Å². The van der Waals surface area contributed by atoms with Gasteiger partial charge in [-0.2, -0.15) is 9.78 Å². The van der Waals surface area contributed by atoms with Crippen molar-refractivity contribution < 1.29 is 13.2 Å². The summed E-state index contributed by atoms with van der Waals surface area (Å²) < 4.78 is 35.5. The van der Waals surface area contributed by atoms with Crippen LogP contribution >= 0.6 is 23.4 Å². The van der Waals surface area contributed by atoms with Crippen molar-refractivity contribution in [1.82, 2.24) is 14.9 Å². The van der Waals surface area contributed by atoms with E-state index in [4.69, 9.17) is 16.0 Å². The van der Waals surface area contributed by atoms with Crippen LogP contribution in [0.1, 0.15) is 17.1 Å². The van der Waals surface area contributed by atoms with Gasteiger partial charge in [0.2, 0.25) is 5.16 Å². The zero-order chi connectivity index (χ0) is 21.5. The molecule has 0 aliphatic carbocycles. The van der Waals surface area contributed by atoms with Crippen LogP contribution in [-0.4, -0.2) is 20.6 Å². The van der Waals surface area contributed by atoms with Gasteiger partial charge in [-0.05, 0) is 61.2 Å². The summed E-state index contributed by atoms with van der Waals surface area (Å²) in [7, 11) is 0. The molecule has 4 aromatic rings. The van der Waals surface area contributed by atoms with Crippen LogP contribution in [0, 0.1) is 18.6 Å². The molecule has 0 bridgehead atoms. The van der Waals surface area contributed by atoms with Gasteiger partial charge in [0.25, 0.3) is 0 Å². The Bertz CT molecular complexity index is 1380. The van der Waals surface area contributed by atoms with Crippen molar-refractivity contribution in [2.45, 2.75) is 12.1 Å². The molecule has 5 nitrogen and oxygen atoms in total. The van der Waals surface area contributed by atoms with Crippen molar-refractivity contribution in [3.8, 4) is 11.3 Å². The molecule has 1 aliphatic rings. The normalized spacial score (nSPS) is 14.6. The number of fused-ring (bicyclic) bond motifs is 1. The molecule has 0 amide bonds. The minimum Gasteiger partial charge on any atom is -0.457 e. The molecular weight excluding hydrogens is 442 g/mol. The highest BCUT2D eigenvalue weighted by Gasteiger charge is 2.25.